The summed E-state index contributed by atoms with van der Waals surface area (Å²) in [7, 11) is 0. The highest BCUT2D eigenvalue weighted by Crippen LogP contribution is 2.43. The maximum atomic E-state index is 5.87. The molecule has 1 atom stereocenters. The van der Waals surface area contributed by atoms with Gasteiger partial charge in [0.2, 0.25) is 0 Å². The van der Waals surface area contributed by atoms with Gasteiger partial charge in [0.15, 0.2) is 0 Å². The Balaban J connectivity index is 2.06. The second kappa shape index (κ2) is 3.82. The zero-order chi connectivity index (χ0) is 11.1. The predicted molar refractivity (Wildman–Crippen MR) is 68.9 cm³/mol. The Morgan fingerprint density at radius 3 is 3.00 bits per heavy atom. The molecule has 1 heterocycles. The molecule has 1 aliphatic carbocycles. The van der Waals surface area contributed by atoms with E-state index in [1.807, 2.05) is 18.3 Å². The molecule has 1 aromatic carbocycles. The van der Waals surface area contributed by atoms with Gasteiger partial charge in [-0.3, -0.25) is 0 Å². The average Bonchev–Trinajstić information content (AvgIpc) is 2.98. The summed E-state index contributed by atoms with van der Waals surface area (Å²) in [5.74, 6) is 0.751. The van der Waals surface area contributed by atoms with Crippen LogP contribution in [-0.2, 0) is 6.42 Å². The number of fused-ring (bicyclic) bond motifs is 1. The Morgan fingerprint density at radius 1 is 1.50 bits per heavy atom. The van der Waals surface area contributed by atoms with Crippen LogP contribution >= 0.6 is 11.3 Å². The second-order valence-electron chi connectivity index (χ2n) is 4.77. The largest absolute Gasteiger partial charge is 0.328 e. The first kappa shape index (κ1) is 10.2. The third kappa shape index (κ3) is 1.85. The lowest BCUT2D eigenvalue weighted by molar-refractivity contribution is 0.740. The van der Waals surface area contributed by atoms with Crippen molar-refractivity contribution in [2.75, 3.05) is 0 Å². The van der Waals surface area contributed by atoms with Crippen LogP contribution in [0.2, 0.25) is 0 Å². The molecule has 1 fully saturated rings. The molecule has 1 saturated carbocycles. The lowest BCUT2D eigenvalue weighted by Gasteiger charge is -2.05. The molecule has 1 aromatic heterocycles. The van der Waals surface area contributed by atoms with E-state index < -0.39 is 0 Å². The van der Waals surface area contributed by atoms with Gasteiger partial charge in [0.25, 0.3) is 0 Å². The van der Waals surface area contributed by atoms with Crippen molar-refractivity contribution in [3.63, 3.8) is 0 Å². The molecule has 0 radical (unpaired) electrons. The van der Waals surface area contributed by atoms with Gasteiger partial charge in [-0.15, -0.1) is 11.3 Å². The van der Waals surface area contributed by atoms with Gasteiger partial charge in [-0.05, 0) is 37.8 Å². The molecule has 2 aromatic rings. The third-order valence-electron chi connectivity index (χ3n) is 2.99. The lowest BCUT2D eigenvalue weighted by atomic mass is 10.1. The molecule has 84 valence electrons. The van der Waals surface area contributed by atoms with Crippen molar-refractivity contribution in [2.45, 2.75) is 38.1 Å². The van der Waals surface area contributed by atoms with Gasteiger partial charge < -0.3 is 5.73 Å². The molecule has 3 rings (SSSR count). The number of hydrogen-bond acceptors (Lipinski definition) is 3. The van der Waals surface area contributed by atoms with Crippen LogP contribution in [0.4, 0.5) is 0 Å². The van der Waals surface area contributed by atoms with Gasteiger partial charge in [-0.1, -0.05) is 12.1 Å². The highest BCUT2D eigenvalue weighted by Gasteiger charge is 2.27. The summed E-state index contributed by atoms with van der Waals surface area (Å²) in [6.07, 6.45) is 3.57. The van der Waals surface area contributed by atoms with Gasteiger partial charge in [0.05, 0.1) is 15.2 Å². The fourth-order valence-electron chi connectivity index (χ4n) is 2.04. The molecule has 0 spiro atoms. The molecule has 16 heavy (non-hydrogen) atoms. The summed E-state index contributed by atoms with van der Waals surface area (Å²) >= 11 is 1.86. The molecule has 0 bridgehead atoms. The first-order valence-electron chi connectivity index (χ1n) is 5.88. The molecular formula is C13H16N2S. The van der Waals surface area contributed by atoms with E-state index in [2.05, 4.69) is 18.2 Å². The van der Waals surface area contributed by atoms with Gasteiger partial charge >= 0.3 is 0 Å². The molecule has 3 heteroatoms. The number of nitrogens with zero attached hydrogens (tertiary/aromatic N) is 1. The summed E-state index contributed by atoms with van der Waals surface area (Å²) in [4.78, 5) is 4.79. The zero-order valence-corrected chi connectivity index (χ0v) is 10.3. The SMILES string of the molecule is CC(N)Cc1cccc2sc(C3CC3)nc12. The standard InChI is InChI=1S/C13H16N2S/c1-8(14)7-10-3-2-4-11-12(10)15-13(16-11)9-5-6-9/h2-4,8-9H,5-7,14H2,1H3. The number of thiazole rings is 1. The first-order chi connectivity index (χ1) is 7.74. The number of aromatic nitrogens is 1. The topological polar surface area (TPSA) is 38.9 Å². The molecule has 1 unspecified atom stereocenters. The Labute approximate surface area is 99.5 Å². The minimum absolute atomic E-state index is 0.205. The Bertz CT molecular complexity index is 512. The van der Waals surface area contributed by atoms with Crippen LogP contribution in [0, 0.1) is 0 Å². The predicted octanol–water partition coefficient (Wildman–Crippen LogP) is 3.06. The third-order valence-corrected chi connectivity index (χ3v) is 4.17. The average molecular weight is 232 g/mol. The van der Waals surface area contributed by atoms with Crippen LogP contribution in [0.25, 0.3) is 10.2 Å². The van der Waals surface area contributed by atoms with Crippen molar-refractivity contribution in [1.82, 2.24) is 4.98 Å². The number of para-hydroxylation sites is 1. The van der Waals surface area contributed by atoms with Crippen molar-refractivity contribution < 1.29 is 0 Å². The summed E-state index contributed by atoms with van der Waals surface area (Å²) in [6, 6.07) is 6.65. The van der Waals surface area contributed by atoms with Crippen LogP contribution in [0.3, 0.4) is 0 Å². The minimum Gasteiger partial charge on any atom is -0.328 e. The lowest BCUT2D eigenvalue weighted by Crippen LogP contribution is -2.17. The van der Waals surface area contributed by atoms with E-state index in [-0.39, 0.29) is 6.04 Å². The van der Waals surface area contributed by atoms with Crippen molar-refractivity contribution in [3.05, 3.63) is 28.8 Å². The van der Waals surface area contributed by atoms with E-state index in [4.69, 9.17) is 10.7 Å². The van der Waals surface area contributed by atoms with Crippen molar-refractivity contribution >= 4 is 21.6 Å². The van der Waals surface area contributed by atoms with Crippen molar-refractivity contribution in [3.8, 4) is 0 Å². The van der Waals surface area contributed by atoms with Crippen LogP contribution in [-0.4, -0.2) is 11.0 Å². The summed E-state index contributed by atoms with van der Waals surface area (Å²) in [5.41, 5.74) is 8.36. The monoisotopic (exact) mass is 232 g/mol. The fraction of sp³-hybridized carbons (Fsp3) is 0.462. The smallest absolute Gasteiger partial charge is 0.0969 e. The Morgan fingerprint density at radius 2 is 2.31 bits per heavy atom. The molecule has 1 aliphatic rings. The summed E-state index contributed by atoms with van der Waals surface area (Å²) in [6.45, 7) is 2.05. The quantitative estimate of drug-likeness (QED) is 0.883. The number of hydrogen-bond donors (Lipinski definition) is 1. The van der Waals surface area contributed by atoms with Crippen LogP contribution < -0.4 is 5.73 Å². The molecule has 0 aliphatic heterocycles. The van der Waals surface area contributed by atoms with Crippen LogP contribution in [0.15, 0.2) is 18.2 Å². The zero-order valence-electron chi connectivity index (χ0n) is 9.44. The Kier molecular flexibility index (Phi) is 2.45. The number of rotatable bonds is 3. The molecular weight excluding hydrogens is 216 g/mol. The summed E-state index contributed by atoms with van der Waals surface area (Å²) in [5, 5.41) is 1.33. The Hall–Kier alpha value is -0.930. The molecule has 0 saturated heterocycles. The van der Waals surface area contributed by atoms with E-state index in [0.29, 0.717) is 0 Å². The maximum absolute atomic E-state index is 5.87. The molecule has 0 amide bonds. The van der Waals surface area contributed by atoms with E-state index in [9.17, 15) is 0 Å². The first-order valence-corrected chi connectivity index (χ1v) is 6.69. The highest BCUT2D eigenvalue weighted by atomic mass is 32.1. The van der Waals surface area contributed by atoms with Crippen LogP contribution in [0.5, 0.6) is 0 Å². The van der Waals surface area contributed by atoms with Gasteiger partial charge in [-0.25, -0.2) is 4.98 Å². The van der Waals surface area contributed by atoms with Crippen molar-refractivity contribution in [1.29, 1.82) is 0 Å². The van der Waals surface area contributed by atoms with Gasteiger partial charge in [-0.2, -0.15) is 0 Å². The summed E-state index contributed by atoms with van der Waals surface area (Å²) < 4.78 is 1.32. The van der Waals surface area contributed by atoms with Crippen LogP contribution in [0.1, 0.15) is 36.3 Å². The fourth-order valence-corrected chi connectivity index (χ4v) is 3.22. The highest BCUT2D eigenvalue weighted by molar-refractivity contribution is 7.18. The van der Waals surface area contributed by atoms with Gasteiger partial charge in [0, 0.05) is 12.0 Å². The maximum Gasteiger partial charge on any atom is 0.0969 e. The van der Waals surface area contributed by atoms with E-state index >= 15 is 0 Å². The van der Waals surface area contributed by atoms with E-state index in [0.717, 1.165) is 12.3 Å². The number of benzene rings is 1. The minimum atomic E-state index is 0.205. The van der Waals surface area contributed by atoms with E-state index in [1.165, 1.54) is 33.6 Å². The molecule has 2 N–H and O–H groups in total. The van der Waals surface area contributed by atoms with Gasteiger partial charge in [0.1, 0.15) is 0 Å². The van der Waals surface area contributed by atoms with Crippen molar-refractivity contribution in [2.24, 2.45) is 5.73 Å². The normalized spacial score (nSPS) is 17.9. The second-order valence-corrected chi connectivity index (χ2v) is 5.83. The number of nitrogens with two attached hydrogens (primary N) is 1. The molecule has 2 nitrogen and oxygen atoms in total. The van der Waals surface area contributed by atoms with E-state index in [1.54, 1.807) is 0 Å².